The predicted molar refractivity (Wildman–Crippen MR) is 78.0 cm³/mol. The highest BCUT2D eigenvalue weighted by Crippen LogP contribution is 2.23. The number of anilines is 1. The molecule has 2 N–H and O–H groups in total. The van der Waals surface area contributed by atoms with Crippen LogP contribution in [0.1, 0.15) is 10.4 Å². The number of nitrogens with two attached hydrogens (primary N) is 1. The van der Waals surface area contributed by atoms with Gasteiger partial charge in [0, 0.05) is 39.1 Å². The van der Waals surface area contributed by atoms with E-state index in [1.54, 1.807) is 23.5 Å². The Balaban J connectivity index is 2.05. The normalized spacial score (nSPS) is 11.1. The van der Waals surface area contributed by atoms with E-state index in [0.717, 1.165) is 11.0 Å². The zero-order valence-electron chi connectivity index (χ0n) is 9.99. The second-order valence-corrected chi connectivity index (χ2v) is 6.12. The number of hydrogen-bond acceptors (Lipinski definition) is 3. The van der Waals surface area contributed by atoms with Crippen LogP contribution in [0.5, 0.6) is 0 Å². The van der Waals surface area contributed by atoms with Crippen LogP contribution in [0, 0.1) is 5.82 Å². The van der Waals surface area contributed by atoms with Crippen LogP contribution in [0.3, 0.4) is 0 Å². The molecule has 0 saturated carbocycles. The van der Waals surface area contributed by atoms with E-state index in [-0.39, 0.29) is 5.82 Å². The lowest BCUT2D eigenvalue weighted by atomic mass is 10.1. The fraction of sp³-hybridized carbons (Fsp3) is 0.231. The molecule has 2 rings (SSSR count). The van der Waals surface area contributed by atoms with Crippen LogP contribution in [0.15, 0.2) is 34.1 Å². The maximum Gasteiger partial charge on any atom is 0.129 e. The molecule has 0 radical (unpaired) electrons. The van der Waals surface area contributed by atoms with Gasteiger partial charge in [-0.1, -0.05) is 6.07 Å². The van der Waals surface area contributed by atoms with Gasteiger partial charge in [0.1, 0.15) is 5.82 Å². The second kappa shape index (κ2) is 5.82. The average molecular weight is 329 g/mol. The summed E-state index contributed by atoms with van der Waals surface area (Å²) in [5, 5.41) is 2.04. The molecule has 2 nitrogen and oxygen atoms in total. The SMILES string of the molecule is CN(Cc1cc(Br)cs1)Cc1c(N)cccc1F. The molecule has 0 fully saturated rings. The molecule has 0 aliphatic heterocycles. The molecule has 0 aliphatic carbocycles. The van der Waals surface area contributed by atoms with Gasteiger partial charge in [-0.05, 0) is 41.2 Å². The van der Waals surface area contributed by atoms with Crippen molar-refractivity contribution in [2.45, 2.75) is 13.1 Å². The first-order chi connectivity index (χ1) is 8.56. The van der Waals surface area contributed by atoms with Gasteiger partial charge in [0.25, 0.3) is 0 Å². The third-order valence-electron chi connectivity index (χ3n) is 2.63. The van der Waals surface area contributed by atoms with Crippen LogP contribution in [-0.2, 0) is 13.1 Å². The Kier molecular flexibility index (Phi) is 4.37. The quantitative estimate of drug-likeness (QED) is 0.863. The molecule has 5 heteroatoms. The molecule has 0 amide bonds. The van der Waals surface area contributed by atoms with Crippen molar-refractivity contribution < 1.29 is 4.39 Å². The predicted octanol–water partition coefficient (Wildman–Crippen LogP) is 3.86. The topological polar surface area (TPSA) is 29.3 Å². The second-order valence-electron chi connectivity index (χ2n) is 4.21. The third kappa shape index (κ3) is 3.31. The van der Waals surface area contributed by atoms with Crippen LogP contribution in [0.25, 0.3) is 0 Å². The first kappa shape index (κ1) is 13.5. The van der Waals surface area contributed by atoms with Crippen molar-refractivity contribution in [1.82, 2.24) is 4.90 Å². The van der Waals surface area contributed by atoms with Gasteiger partial charge < -0.3 is 5.73 Å². The van der Waals surface area contributed by atoms with Gasteiger partial charge in [0.15, 0.2) is 0 Å². The largest absolute Gasteiger partial charge is 0.398 e. The molecular weight excluding hydrogens is 315 g/mol. The highest BCUT2D eigenvalue weighted by atomic mass is 79.9. The molecule has 96 valence electrons. The van der Waals surface area contributed by atoms with Crippen LogP contribution in [0.2, 0.25) is 0 Å². The average Bonchev–Trinajstić information content (AvgIpc) is 2.69. The summed E-state index contributed by atoms with van der Waals surface area (Å²) in [7, 11) is 1.96. The van der Waals surface area contributed by atoms with Crippen molar-refractivity contribution in [2.24, 2.45) is 0 Å². The van der Waals surface area contributed by atoms with E-state index in [1.165, 1.54) is 10.9 Å². The maximum absolute atomic E-state index is 13.6. The molecule has 0 aliphatic rings. The number of thiophene rings is 1. The van der Waals surface area contributed by atoms with E-state index in [2.05, 4.69) is 22.0 Å². The molecule has 2 aromatic rings. The molecular formula is C13H14BrFN2S. The summed E-state index contributed by atoms with van der Waals surface area (Å²) in [6, 6.07) is 6.88. The summed E-state index contributed by atoms with van der Waals surface area (Å²) >= 11 is 5.11. The molecule has 1 aromatic carbocycles. The van der Waals surface area contributed by atoms with Crippen LogP contribution < -0.4 is 5.73 Å². The molecule has 0 atom stereocenters. The summed E-state index contributed by atoms with van der Waals surface area (Å²) in [6.07, 6.45) is 0. The van der Waals surface area contributed by atoms with E-state index >= 15 is 0 Å². The van der Waals surface area contributed by atoms with Crippen molar-refractivity contribution in [3.8, 4) is 0 Å². The van der Waals surface area contributed by atoms with E-state index < -0.39 is 0 Å². The summed E-state index contributed by atoms with van der Waals surface area (Å²) in [5.41, 5.74) is 6.87. The number of rotatable bonds is 4. The zero-order valence-corrected chi connectivity index (χ0v) is 12.4. The van der Waals surface area contributed by atoms with E-state index in [9.17, 15) is 4.39 Å². The van der Waals surface area contributed by atoms with E-state index in [4.69, 9.17) is 5.73 Å². The lowest BCUT2D eigenvalue weighted by molar-refractivity contribution is 0.317. The Hall–Kier alpha value is -0.910. The number of benzene rings is 1. The standard InChI is InChI=1S/C13H14BrFN2S/c1-17(6-10-5-9(14)8-18-10)7-11-12(15)3-2-4-13(11)16/h2-5,8H,6-7,16H2,1H3. The molecule has 1 heterocycles. The minimum Gasteiger partial charge on any atom is -0.398 e. The number of nitrogens with zero attached hydrogens (tertiary/aromatic N) is 1. The fourth-order valence-electron chi connectivity index (χ4n) is 1.77. The molecule has 18 heavy (non-hydrogen) atoms. The Morgan fingerprint density at radius 2 is 2.17 bits per heavy atom. The highest BCUT2D eigenvalue weighted by molar-refractivity contribution is 9.10. The smallest absolute Gasteiger partial charge is 0.129 e. The first-order valence-corrected chi connectivity index (χ1v) is 7.18. The van der Waals surface area contributed by atoms with Crippen LogP contribution >= 0.6 is 27.3 Å². The zero-order chi connectivity index (χ0) is 13.1. The van der Waals surface area contributed by atoms with Crippen molar-refractivity contribution in [2.75, 3.05) is 12.8 Å². The van der Waals surface area contributed by atoms with Gasteiger partial charge >= 0.3 is 0 Å². The first-order valence-electron chi connectivity index (χ1n) is 5.50. The molecule has 1 aromatic heterocycles. The van der Waals surface area contributed by atoms with Crippen molar-refractivity contribution in [3.05, 3.63) is 50.4 Å². The molecule has 0 unspecified atom stereocenters. The van der Waals surface area contributed by atoms with Crippen molar-refractivity contribution in [1.29, 1.82) is 0 Å². The van der Waals surface area contributed by atoms with Gasteiger partial charge in [0.2, 0.25) is 0 Å². The Bertz CT molecular complexity index is 521. The van der Waals surface area contributed by atoms with Gasteiger partial charge in [-0.15, -0.1) is 11.3 Å². The van der Waals surface area contributed by atoms with Gasteiger partial charge in [-0.25, -0.2) is 4.39 Å². The van der Waals surface area contributed by atoms with Crippen molar-refractivity contribution >= 4 is 33.0 Å². The van der Waals surface area contributed by atoms with Crippen LogP contribution in [0.4, 0.5) is 10.1 Å². The maximum atomic E-state index is 13.6. The minimum absolute atomic E-state index is 0.241. The highest BCUT2D eigenvalue weighted by Gasteiger charge is 2.10. The molecule has 0 bridgehead atoms. The summed E-state index contributed by atoms with van der Waals surface area (Å²) in [4.78, 5) is 3.28. The molecule has 0 spiro atoms. The van der Waals surface area contributed by atoms with Gasteiger partial charge in [-0.2, -0.15) is 0 Å². The Labute approximate surface area is 118 Å². The number of nitrogen functional groups attached to an aromatic ring is 1. The molecule has 0 saturated heterocycles. The summed E-state index contributed by atoms with van der Waals surface area (Å²) in [5.74, 6) is -0.241. The van der Waals surface area contributed by atoms with Gasteiger partial charge in [0.05, 0.1) is 0 Å². The van der Waals surface area contributed by atoms with Gasteiger partial charge in [-0.3, -0.25) is 4.90 Å². The Morgan fingerprint density at radius 1 is 1.39 bits per heavy atom. The summed E-state index contributed by atoms with van der Waals surface area (Å²) in [6.45, 7) is 1.29. The number of hydrogen-bond donors (Lipinski definition) is 1. The van der Waals surface area contributed by atoms with Crippen LogP contribution in [-0.4, -0.2) is 11.9 Å². The fourth-order valence-corrected chi connectivity index (χ4v) is 3.30. The minimum atomic E-state index is -0.241. The van der Waals surface area contributed by atoms with E-state index in [1.807, 2.05) is 17.3 Å². The van der Waals surface area contributed by atoms with Crippen molar-refractivity contribution in [3.63, 3.8) is 0 Å². The number of halogens is 2. The lowest BCUT2D eigenvalue weighted by Gasteiger charge is -2.17. The lowest BCUT2D eigenvalue weighted by Crippen LogP contribution is -2.18. The summed E-state index contributed by atoms with van der Waals surface area (Å²) < 4.78 is 14.7. The van der Waals surface area contributed by atoms with E-state index in [0.29, 0.717) is 17.8 Å². The monoisotopic (exact) mass is 328 g/mol. The Morgan fingerprint density at radius 3 is 2.78 bits per heavy atom. The third-order valence-corrected chi connectivity index (χ3v) is 4.31.